The third kappa shape index (κ3) is 1.38. The molecule has 4 nitrogen and oxygen atoms in total. The number of fused-ring (bicyclic) bond motifs is 1. The minimum atomic E-state index is -0.467. The van der Waals surface area contributed by atoms with Crippen molar-refractivity contribution >= 4 is 17.6 Å². The van der Waals surface area contributed by atoms with Crippen LogP contribution in [-0.2, 0) is 4.74 Å². The van der Waals surface area contributed by atoms with Gasteiger partial charge in [-0.2, -0.15) is 0 Å². The molecule has 2 rings (SSSR count). The maximum Gasteiger partial charge on any atom is 0.346 e. The Morgan fingerprint density at radius 3 is 3.00 bits per heavy atom. The van der Waals surface area contributed by atoms with Crippen molar-refractivity contribution < 1.29 is 9.53 Å². The molecule has 1 aromatic rings. The van der Waals surface area contributed by atoms with E-state index in [0.717, 1.165) is 5.69 Å². The first-order valence-electron chi connectivity index (χ1n) is 3.90. The highest BCUT2D eigenvalue weighted by atomic mass is 16.5. The quantitative estimate of drug-likeness (QED) is 0.585. The molecule has 0 unspecified atom stereocenters. The van der Waals surface area contributed by atoms with E-state index in [2.05, 4.69) is 5.32 Å². The summed E-state index contributed by atoms with van der Waals surface area (Å²) in [6.45, 7) is 0.253. The predicted molar refractivity (Wildman–Crippen MR) is 48.1 cm³/mol. The van der Waals surface area contributed by atoms with Gasteiger partial charge in [-0.15, -0.1) is 0 Å². The van der Waals surface area contributed by atoms with Gasteiger partial charge in [-0.1, -0.05) is 12.1 Å². The Bertz CT molecular complexity index is 374. The molecule has 0 bridgehead atoms. The smallest absolute Gasteiger partial charge is 0.346 e. The van der Waals surface area contributed by atoms with Crippen molar-refractivity contribution in [1.82, 2.24) is 0 Å². The van der Waals surface area contributed by atoms with Crippen LogP contribution in [0.15, 0.2) is 24.3 Å². The lowest BCUT2D eigenvalue weighted by molar-refractivity contribution is 0.0717. The molecule has 0 saturated carbocycles. The molecule has 0 atom stereocenters. The summed E-state index contributed by atoms with van der Waals surface area (Å²) in [6, 6.07) is 7.04. The highest BCUT2D eigenvalue weighted by molar-refractivity contribution is 6.04. The summed E-state index contributed by atoms with van der Waals surface area (Å²) in [4.78, 5) is 11.3. The van der Waals surface area contributed by atoms with Gasteiger partial charge >= 0.3 is 5.97 Å². The molecule has 0 spiro atoms. The lowest BCUT2D eigenvalue weighted by Gasteiger charge is -2.01. The Morgan fingerprint density at radius 1 is 1.38 bits per heavy atom. The zero-order valence-corrected chi connectivity index (χ0v) is 6.83. The molecule has 13 heavy (non-hydrogen) atoms. The Balaban J connectivity index is 2.46. The second-order valence-corrected chi connectivity index (χ2v) is 2.71. The van der Waals surface area contributed by atoms with Crippen LogP contribution in [0.5, 0.6) is 0 Å². The van der Waals surface area contributed by atoms with Crippen LogP contribution < -0.4 is 5.32 Å². The van der Waals surface area contributed by atoms with Gasteiger partial charge in [-0.3, -0.25) is 5.41 Å². The number of ether oxygens (including phenoxy) is 1. The molecule has 0 aromatic heterocycles. The topological polar surface area (TPSA) is 62.2 Å². The Hall–Kier alpha value is -1.84. The van der Waals surface area contributed by atoms with Gasteiger partial charge in [0.25, 0.3) is 0 Å². The van der Waals surface area contributed by atoms with Crippen LogP contribution >= 0.6 is 0 Å². The van der Waals surface area contributed by atoms with Gasteiger partial charge in [0.1, 0.15) is 0 Å². The number of hydrogen-bond acceptors (Lipinski definition) is 4. The predicted octanol–water partition coefficient (Wildman–Crippen LogP) is 1.25. The Morgan fingerprint density at radius 2 is 2.15 bits per heavy atom. The monoisotopic (exact) mass is 176 g/mol. The molecule has 1 aromatic carbocycles. The van der Waals surface area contributed by atoms with Crippen molar-refractivity contribution in [2.24, 2.45) is 0 Å². The van der Waals surface area contributed by atoms with Crippen LogP contribution in [0, 0.1) is 5.41 Å². The molecular weight excluding hydrogens is 168 g/mol. The van der Waals surface area contributed by atoms with Gasteiger partial charge in [0.15, 0.2) is 0 Å². The number of nitrogens with one attached hydrogen (secondary N) is 2. The number of cyclic esters (lactones) is 1. The summed E-state index contributed by atoms with van der Waals surface area (Å²) >= 11 is 0. The van der Waals surface area contributed by atoms with Gasteiger partial charge in [0, 0.05) is 5.69 Å². The van der Waals surface area contributed by atoms with E-state index in [1.54, 1.807) is 18.2 Å². The van der Waals surface area contributed by atoms with Gasteiger partial charge in [-0.25, -0.2) is 4.79 Å². The summed E-state index contributed by atoms with van der Waals surface area (Å²) in [5.74, 6) is -0.521. The van der Waals surface area contributed by atoms with Gasteiger partial charge in [-0.05, 0) is 12.1 Å². The first-order chi connectivity index (χ1) is 6.27. The number of carbonyl (C=O) groups is 1. The van der Waals surface area contributed by atoms with Crippen LogP contribution in [0.4, 0.5) is 5.69 Å². The van der Waals surface area contributed by atoms with Crippen molar-refractivity contribution in [2.75, 3.05) is 11.9 Å². The van der Waals surface area contributed by atoms with Crippen molar-refractivity contribution in [2.45, 2.75) is 0 Å². The third-order valence-electron chi connectivity index (χ3n) is 1.80. The summed E-state index contributed by atoms with van der Waals surface area (Å²) in [5.41, 5.74) is 1.19. The SMILES string of the molecule is N=C1CNc2ccccc2C(=O)O1. The molecule has 0 radical (unpaired) electrons. The van der Waals surface area contributed by atoms with E-state index in [1.807, 2.05) is 6.07 Å². The molecule has 0 saturated heterocycles. The van der Waals surface area contributed by atoms with Crippen LogP contribution in [0.3, 0.4) is 0 Å². The number of benzene rings is 1. The number of esters is 1. The molecule has 0 fully saturated rings. The molecule has 66 valence electrons. The molecule has 1 heterocycles. The average Bonchev–Trinajstić information content (AvgIpc) is 2.27. The molecule has 0 aliphatic carbocycles. The average molecular weight is 176 g/mol. The Kier molecular flexibility index (Phi) is 1.73. The van der Waals surface area contributed by atoms with E-state index >= 15 is 0 Å². The fraction of sp³-hybridized carbons (Fsp3) is 0.111. The highest BCUT2D eigenvalue weighted by Crippen LogP contribution is 2.18. The van der Waals surface area contributed by atoms with E-state index in [9.17, 15) is 4.79 Å². The minimum absolute atomic E-state index is 0.0544. The van der Waals surface area contributed by atoms with Crippen molar-refractivity contribution in [1.29, 1.82) is 5.41 Å². The molecular formula is C9H8N2O2. The largest absolute Gasteiger partial charge is 0.407 e. The first kappa shape index (κ1) is 7.79. The number of carbonyl (C=O) groups excluding carboxylic acids is 1. The van der Waals surface area contributed by atoms with E-state index < -0.39 is 5.97 Å². The van der Waals surface area contributed by atoms with Crippen molar-refractivity contribution in [3.05, 3.63) is 29.8 Å². The highest BCUT2D eigenvalue weighted by Gasteiger charge is 2.18. The molecule has 0 amide bonds. The molecule has 1 aliphatic rings. The molecule has 2 N–H and O–H groups in total. The lowest BCUT2D eigenvalue weighted by Crippen LogP contribution is -2.14. The maximum absolute atomic E-state index is 11.3. The van der Waals surface area contributed by atoms with Crippen molar-refractivity contribution in [3.63, 3.8) is 0 Å². The summed E-state index contributed by atoms with van der Waals surface area (Å²) < 4.78 is 4.72. The van der Waals surface area contributed by atoms with Crippen molar-refractivity contribution in [3.8, 4) is 0 Å². The van der Waals surface area contributed by atoms with Crippen LogP contribution in [0.2, 0.25) is 0 Å². The van der Waals surface area contributed by atoms with E-state index in [4.69, 9.17) is 10.1 Å². The number of anilines is 1. The summed E-state index contributed by atoms with van der Waals surface area (Å²) in [6.07, 6.45) is 0. The lowest BCUT2D eigenvalue weighted by atomic mass is 10.2. The first-order valence-corrected chi connectivity index (χ1v) is 3.90. The second kappa shape index (κ2) is 2.90. The molecule has 4 heteroatoms. The second-order valence-electron chi connectivity index (χ2n) is 2.71. The van der Waals surface area contributed by atoms with Crippen LogP contribution in [-0.4, -0.2) is 18.4 Å². The van der Waals surface area contributed by atoms with Crippen LogP contribution in [0.25, 0.3) is 0 Å². The normalized spacial score (nSPS) is 15.4. The molecule has 1 aliphatic heterocycles. The zero-order chi connectivity index (χ0) is 9.26. The summed E-state index contributed by atoms with van der Waals surface area (Å²) in [5, 5.41) is 10.2. The standard InChI is InChI=1S/C9H8N2O2/c10-8-5-11-7-4-2-1-3-6(7)9(12)13-8/h1-4,10-11H,5H2. The summed E-state index contributed by atoms with van der Waals surface area (Å²) in [7, 11) is 0. The number of rotatable bonds is 0. The van der Waals surface area contributed by atoms with E-state index in [0.29, 0.717) is 5.56 Å². The fourth-order valence-electron chi connectivity index (χ4n) is 1.19. The fourth-order valence-corrected chi connectivity index (χ4v) is 1.19. The van der Waals surface area contributed by atoms with Crippen LogP contribution in [0.1, 0.15) is 10.4 Å². The van der Waals surface area contributed by atoms with E-state index in [-0.39, 0.29) is 12.4 Å². The van der Waals surface area contributed by atoms with Gasteiger partial charge in [0.05, 0.1) is 12.1 Å². The van der Waals surface area contributed by atoms with Gasteiger partial charge in [0.2, 0.25) is 5.90 Å². The zero-order valence-electron chi connectivity index (χ0n) is 6.83. The maximum atomic E-state index is 11.3. The Labute approximate surface area is 75.0 Å². The third-order valence-corrected chi connectivity index (χ3v) is 1.80. The number of hydrogen-bond donors (Lipinski definition) is 2. The van der Waals surface area contributed by atoms with Gasteiger partial charge < -0.3 is 10.1 Å². The number of para-hydroxylation sites is 1. The minimum Gasteiger partial charge on any atom is -0.407 e. The van der Waals surface area contributed by atoms with E-state index in [1.165, 1.54) is 0 Å².